The number of ether oxygens (including phenoxy) is 1. The minimum absolute atomic E-state index is 0.383. The van der Waals surface area contributed by atoms with Crippen LogP contribution in [0.15, 0.2) is 0 Å². The average Bonchev–Trinajstić information content (AvgIpc) is 2.68. The van der Waals surface area contributed by atoms with E-state index >= 15 is 0 Å². The normalized spacial score (nSPS) is 20.8. The van der Waals surface area contributed by atoms with Crippen molar-refractivity contribution in [3.8, 4) is 0 Å². The van der Waals surface area contributed by atoms with Crippen molar-refractivity contribution in [3.63, 3.8) is 0 Å². The predicted octanol–water partition coefficient (Wildman–Crippen LogP) is 1.28. The van der Waals surface area contributed by atoms with Crippen molar-refractivity contribution in [2.24, 2.45) is 0 Å². The van der Waals surface area contributed by atoms with E-state index in [2.05, 4.69) is 17.6 Å². The second kappa shape index (κ2) is 6.65. The summed E-state index contributed by atoms with van der Waals surface area (Å²) in [6, 6.07) is 0.383. The van der Waals surface area contributed by atoms with Gasteiger partial charge in [0.2, 0.25) is 0 Å². The molecule has 1 atom stereocenters. The van der Waals surface area contributed by atoms with E-state index in [1.165, 1.54) is 6.42 Å². The Labute approximate surface area is 85.4 Å². The van der Waals surface area contributed by atoms with Gasteiger partial charge in [0.1, 0.15) is 0 Å². The van der Waals surface area contributed by atoms with Crippen LogP contribution < -0.4 is 10.6 Å². The minimum atomic E-state index is -0.410. The van der Waals surface area contributed by atoms with Gasteiger partial charge in [-0.05, 0) is 25.8 Å². The summed E-state index contributed by atoms with van der Waals surface area (Å²) in [4.78, 5) is 11.1. The quantitative estimate of drug-likeness (QED) is 0.679. The molecule has 0 bridgehead atoms. The van der Waals surface area contributed by atoms with Gasteiger partial charge in [-0.1, -0.05) is 13.3 Å². The van der Waals surface area contributed by atoms with Crippen LogP contribution in [-0.2, 0) is 4.74 Å². The lowest BCUT2D eigenvalue weighted by Crippen LogP contribution is -2.33. The fourth-order valence-electron chi connectivity index (χ4n) is 1.45. The molecule has 1 N–H and O–H groups in total. The smallest absolute Gasteiger partial charge is 0.429 e. The molecule has 1 amide bonds. The van der Waals surface area contributed by atoms with Crippen LogP contribution in [0.1, 0.15) is 32.6 Å². The van der Waals surface area contributed by atoms with Crippen molar-refractivity contribution in [2.75, 3.05) is 19.7 Å². The fourth-order valence-corrected chi connectivity index (χ4v) is 1.45. The Morgan fingerprint density at radius 2 is 2.50 bits per heavy atom. The van der Waals surface area contributed by atoms with Gasteiger partial charge in [0.05, 0.1) is 13.2 Å². The molecule has 0 saturated carbocycles. The number of amides is 1. The molecule has 0 aromatic rings. The van der Waals surface area contributed by atoms with E-state index in [4.69, 9.17) is 4.74 Å². The number of nitrogens with zero attached hydrogens (tertiary/aromatic N) is 1. The number of rotatable bonds is 5. The summed E-state index contributed by atoms with van der Waals surface area (Å²) in [7, 11) is 0. The van der Waals surface area contributed by atoms with Crippen molar-refractivity contribution >= 4 is 6.09 Å². The lowest BCUT2D eigenvalue weighted by Gasteiger charge is -2.09. The molecule has 1 aliphatic rings. The second-order valence-electron chi connectivity index (χ2n) is 3.60. The summed E-state index contributed by atoms with van der Waals surface area (Å²) in [6.07, 6.45) is 3.85. The zero-order valence-electron chi connectivity index (χ0n) is 8.79. The van der Waals surface area contributed by atoms with Crippen molar-refractivity contribution in [1.82, 2.24) is 10.6 Å². The molecule has 1 radical (unpaired) electrons. The minimum Gasteiger partial charge on any atom is -0.448 e. The van der Waals surface area contributed by atoms with Gasteiger partial charge in [0.15, 0.2) is 0 Å². The Hall–Kier alpha value is -0.770. The number of hydrogen-bond donors (Lipinski definition) is 1. The van der Waals surface area contributed by atoms with Crippen LogP contribution in [0.4, 0.5) is 4.79 Å². The molecule has 0 aromatic carbocycles. The third kappa shape index (κ3) is 4.46. The van der Waals surface area contributed by atoms with Gasteiger partial charge in [-0.15, -0.1) is 0 Å². The molecular formula is C10H19N2O2. The van der Waals surface area contributed by atoms with Crippen molar-refractivity contribution in [2.45, 2.75) is 38.6 Å². The Bertz CT molecular complexity index is 168. The molecule has 4 heteroatoms. The fraction of sp³-hybridized carbons (Fsp3) is 0.900. The van der Waals surface area contributed by atoms with Crippen LogP contribution in [0.3, 0.4) is 0 Å². The maximum absolute atomic E-state index is 11.1. The van der Waals surface area contributed by atoms with Crippen LogP contribution in [0.2, 0.25) is 0 Å². The van der Waals surface area contributed by atoms with Crippen molar-refractivity contribution in [3.05, 3.63) is 0 Å². The van der Waals surface area contributed by atoms with E-state index in [1.807, 2.05) is 0 Å². The molecule has 1 unspecified atom stereocenters. The van der Waals surface area contributed by atoms with Crippen LogP contribution in [0.5, 0.6) is 0 Å². The summed E-state index contributed by atoms with van der Waals surface area (Å²) in [5.74, 6) is 0. The van der Waals surface area contributed by atoms with E-state index in [9.17, 15) is 4.79 Å². The molecule has 81 valence electrons. The number of nitrogens with one attached hydrogen (secondary N) is 1. The van der Waals surface area contributed by atoms with Gasteiger partial charge in [-0.3, -0.25) is 0 Å². The van der Waals surface area contributed by atoms with Crippen molar-refractivity contribution in [1.29, 1.82) is 0 Å². The van der Waals surface area contributed by atoms with Gasteiger partial charge < -0.3 is 10.1 Å². The Balaban J connectivity index is 1.96. The highest BCUT2D eigenvalue weighted by Gasteiger charge is 2.15. The van der Waals surface area contributed by atoms with Crippen LogP contribution in [0, 0.1) is 0 Å². The monoisotopic (exact) mass is 199 g/mol. The van der Waals surface area contributed by atoms with Crippen LogP contribution >= 0.6 is 0 Å². The Morgan fingerprint density at radius 3 is 3.14 bits per heavy atom. The summed E-state index contributed by atoms with van der Waals surface area (Å²) in [5.41, 5.74) is 0. The highest BCUT2D eigenvalue weighted by atomic mass is 16.5. The first-order chi connectivity index (χ1) is 6.83. The first-order valence-corrected chi connectivity index (χ1v) is 5.40. The maximum Gasteiger partial charge on any atom is 0.429 e. The molecular weight excluding hydrogens is 180 g/mol. The average molecular weight is 199 g/mol. The van der Waals surface area contributed by atoms with Gasteiger partial charge in [0, 0.05) is 6.04 Å². The maximum atomic E-state index is 11.1. The summed E-state index contributed by atoms with van der Waals surface area (Å²) >= 11 is 0. The van der Waals surface area contributed by atoms with Gasteiger partial charge in [0.25, 0.3) is 0 Å². The molecule has 4 nitrogen and oxygen atoms in total. The van der Waals surface area contributed by atoms with Crippen LogP contribution in [0.25, 0.3) is 0 Å². The standard InChI is InChI=1S/C10H19N2O2/c1-2-3-7-14-10(13)12-8-9-5-4-6-11-9/h9,11H,2-8H2,1H3. The van der Waals surface area contributed by atoms with Gasteiger partial charge >= 0.3 is 6.09 Å². The topological polar surface area (TPSA) is 52.4 Å². The predicted molar refractivity (Wildman–Crippen MR) is 54.3 cm³/mol. The van der Waals surface area contributed by atoms with Gasteiger partial charge in [-0.25, -0.2) is 10.1 Å². The SMILES string of the molecule is CCCCOC(=O)[N]CC1CCCN1. The third-order valence-corrected chi connectivity index (χ3v) is 2.33. The number of carbonyl (C=O) groups is 1. The molecule has 1 aliphatic heterocycles. The third-order valence-electron chi connectivity index (χ3n) is 2.33. The Kier molecular flexibility index (Phi) is 5.37. The lowest BCUT2D eigenvalue weighted by molar-refractivity contribution is 0.142. The number of carbonyl (C=O) groups excluding carboxylic acids is 1. The zero-order valence-corrected chi connectivity index (χ0v) is 8.79. The highest BCUT2D eigenvalue weighted by molar-refractivity contribution is 5.66. The first-order valence-electron chi connectivity index (χ1n) is 5.40. The van der Waals surface area contributed by atoms with E-state index < -0.39 is 6.09 Å². The van der Waals surface area contributed by atoms with Crippen LogP contribution in [-0.4, -0.2) is 31.8 Å². The molecule has 0 spiro atoms. The van der Waals surface area contributed by atoms with Crippen molar-refractivity contribution < 1.29 is 9.53 Å². The summed E-state index contributed by atoms with van der Waals surface area (Å²) < 4.78 is 4.91. The molecule has 1 heterocycles. The van der Waals surface area contributed by atoms with E-state index in [0.717, 1.165) is 25.8 Å². The number of hydrogen-bond acceptors (Lipinski definition) is 3. The molecule has 14 heavy (non-hydrogen) atoms. The molecule has 1 saturated heterocycles. The lowest BCUT2D eigenvalue weighted by atomic mass is 10.2. The number of unbranched alkanes of at least 4 members (excludes halogenated alkanes) is 1. The van der Waals surface area contributed by atoms with E-state index in [0.29, 0.717) is 19.2 Å². The largest absolute Gasteiger partial charge is 0.448 e. The van der Waals surface area contributed by atoms with E-state index in [1.54, 1.807) is 0 Å². The van der Waals surface area contributed by atoms with Gasteiger partial charge in [-0.2, -0.15) is 0 Å². The highest BCUT2D eigenvalue weighted by Crippen LogP contribution is 2.03. The molecule has 1 rings (SSSR count). The molecule has 0 aromatic heterocycles. The summed E-state index contributed by atoms with van der Waals surface area (Å²) in [6.45, 7) is 4.17. The second-order valence-corrected chi connectivity index (χ2v) is 3.60. The molecule has 1 fully saturated rings. The zero-order chi connectivity index (χ0) is 10.2. The first kappa shape index (κ1) is 11.3. The van der Waals surface area contributed by atoms with E-state index in [-0.39, 0.29) is 0 Å². The summed E-state index contributed by atoms with van der Waals surface area (Å²) in [5, 5.41) is 7.13. The molecule has 0 aliphatic carbocycles. The Morgan fingerprint density at radius 1 is 1.64 bits per heavy atom.